The maximum atomic E-state index is 11.1. The van der Waals surface area contributed by atoms with Crippen LogP contribution in [0.2, 0.25) is 0 Å². The monoisotopic (exact) mass is 328 g/mol. The molecule has 3 aromatic rings. The normalized spacial score (nSPS) is 10.8. The highest BCUT2D eigenvalue weighted by Crippen LogP contribution is 2.28. The van der Waals surface area contributed by atoms with Gasteiger partial charge < -0.3 is 14.8 Å². The molecule has 0 aliphatic heterocycles. The van der Waals surface area contributed by atoms with Gasteiger partial charge in [0.1, 0.15) is 5.75 Å². The third kappa shape index (κ3) is 3.03. The van der Waals surface area contributed by atoms with Crippen LogP contribution in [0.15, 0.2) is 42.6 Å². The van der Waals surface area contributed by atoms with Gasteiger partial charge in [0, 0.05) is 23.5 Å². The molecule has 0 atom stereocenters. The zero-order valence-corrected chi connectivity index (χ0v) is 12.9. The number of ether oxygens (including phenoxy) is 1. The first-order valence-corrected chi connectivity index (χ1v) is 7.19. The Morgan fingerprint density at radius 2 is 2.04 bits per heavy atom. The Morgan fingerprint density at radius 1 is 1.21 bits per heavy atom. The molecule has 0 saturated carbocycles. The molecule has 1 heterocycles. The van der Waals surface area contributed by atoms with Gasteiger partial charge in [0.15, 0.2) is 0 Å². The molecule has 0 fully saturated rings. The minimum atomic E-state index is -0.994. The Labute approximate surface area is 137 Å². The molecule has 0 amide bonds. The molecular weight excluding hydrogens is 312 g/mol. The van der Waals surface area contributed by atoms with E-state index in [1.54, 1.807) is 18.2 Å². The van der Waals surface area contributed by atoms with Crippen molar-refractivity contribution in [2.45, 2.75) is 6.42 Å². The van der Waals surface area contributed by atoms with E-state index < -0.39 is 5.97 Å². The SMILES string of the molecule is COc1cc(C(=O)O)ccc1Cc1c[nH]c2ccc(NOO)cc12. The number of anilines is 1. The van der Waals surface area contributed by atoms with Crippen LogP contribution in [-0.2, 0) is 11.4 Å². The molecule has 124 valence electrons. The van der Waals surface area contributed by atoms with Crippen molar-refractivity contribution in [2.75, 3.05) is 12.6 Å². The minimum absolute atomic E-state index is 0.182. The number of carboxylic acids is 1. The molecule has 0 saturated heterocycles. The van der Waals surface area contributed by atoms with Crippen LogP contribution in [0.4, 0.5) is 5.69 Å². The Hall–Kier alpha value is -3.03. The van der Waals surface area contributed by atoms with Crippen molar-refractivity contribution < 1.29 is 24.9 Å². The number of carboxylic acid groups (broad SMARTS) is 1. The third-order valence-corrected chi connectivity index (χ3v) is 3.85. The Balaban J connectivity index is 1.97. The van der Waals surface area contributed by atoms with E-state index in [9.17, 15) is 4.79 Å². The van der Waals surface area contributed by atoms with Crippen molar-refractivity contribution >= 4 is 22.6 Å². The summed E-state index contributed by atoms with van der Waals surface area (Å²) in [6, 6.07) is 10.3. The number of aromatic nitrogens is 1. The molecule has 24 heavy (non-hydrogen) atoms. The molecule has 0 unspecified atom stereocenters. The predicted molar refractivity (Wildman–Crippen MR) is 88.4 cm³/mol. The minimum Gasteiger partial charge on any atom is -0.496 e. The Kier molecular flexibility index (Phi) is 4.37. The van der Waals surface area contributed by atoms with Gasteiger partial charge in [0.25, 0.3) is 0 Å². The standard InChI is InChI=1S/C17H16N2O5/c1-23-16-7-11(17(20)21)3-2-10(16)6-12-9-18-15-5-4-13(19-24-22)8-14(12)15/h2-5,7-9,18-19,22H,6H2,1H3,(H,20,21). The maximum Gasteiger partial charge on any atom is 0.335 e. The van der Waals surface area contributed by atoms with E-state index in [2.05, 4.69) is 15.5 Å². The van der Waals surface area contributed by atoms with Gasteiger partial charge in [-0.1, -0.05) is 6.07 Å². The molecule has 3 rings (SSSR count). The summed E-state index contributed by atoms with van der Waals surface area (Å²) >= 11 is 0. The first-order chi connectivity index (χ1) is 11.6. The van der Waals surface area contributed by atoms with Crippen LogP contribution in [0, 0.1) is 0 Å². The summed E-state index contributed by atoms with van der Waals surface area (Å²) in [6.07, 6.45) is 2.45. The summed E-state index contributed by atoms with van der Waals surface area (Å²) in [5.74, 6) is -0.469. The van der Waals surface area contributed by atoms with Crippen molar-refractivity contribution in [3.8, 4) is 5.75 Å². The van der Waals surface area contributed by atoms with Crippen molar-refractivity contribution in [3.63, 3.8) is 0 Å². The molecule has 0 radical (unpaired) electrons. The molecular formula is C17H16N2O5. The fourth-order valence-electron chi connectivity index (χ4n) is 2.67. The number of hydrogen-bond acceptors (Lipinski definition) is 5. The van der Waals surface area contributed by atoms with Gasteiger partial charge in [0.2, 0.25) is 0 Å². The van der Waals surface area contributed by atoms with Crippen LogP contribution in [0.25, 0.3) is 10.9 Å². The Morgan fingerprint density at radius 3 is 2.75 bits per heavy atom. The lowest BCUT2D eigenvalue weighted by atomic mass is 10.0. The van der Waals surface area contributed by atoms with E-state index in [4.69, 9.17) is 15.1 Å². The lowest BCUT2D eigenvalue weighted by Crippen LogP contribution is -2.00. The quantitative estimate of drug-likeness (QED) is 0.409. The molecule has 0 bridgehead atoms. The van der Waals surface area contributed by atoms with Crippen LogP contribution < -0.4 is 10.2 Å². The van der Waals surface area contributed by atoms with Crippen molar-refractivity contribution in [3.05, 3.63) is 59.3 Å². The lowest BCUT2D eigenvalue weighted by molar-refractivity contribution is -0.215. The number of carbonyl (C=O) groups is 1. The van der Waals surface area contributed by atoms with Crippen LogP contribution >= 0.6 is 0 Å². The van der Waals surface area contributed by atoms with E-state index in [0.717, 1.165) is 22.0 Å². The van der Waals surface area contributed by atoms with Gasteiger partial charge >= 0.3 is 5.97 Å². The summed E-state index contributed by atoms with van der Waals surface area (Å²) < 4.78 is 5.32. The zero-order valence-electron chi connectivity index (χ0n) is 12.9. The Bertz CT molecular complexity index is 888. The van der Waals surface area contributed by atoms with Gasteiger partial charge in [-0.2, -0.15) is 0 Å². The van der Waals surface area contributed by atoms with E-state index in [1.807, 2.05) is 18.3 Å². The van der Waals surface area contributed by atoms with Gasteiger partial charge in [-0.3, -0.25) is 0 Å². The number of rotatable bonds is 6. The number of nitrogens with one attached hydrogen (secondary N) is 2. The van der Waals surface area contributed by atoms with Gasteiger partial charge in [0.05, 0.1) is 18.4 Å². The second kappa shape index (κ2) is 6.61. The predicted octanol–water partition coefficient (Wildman–Crippen LogP) is 3.28. The topological polar surface area (TPSA) is 104 Å². The summed E-state index contributed by atoms with van der Waals surface area (Å²) in [4.78, 5) is 18.2. The highest BCUT2D eigenvalue weighted by Gasteiger charge is 2.12. The van der Waals surface area contributed by atoms with Gasteiger partial charge in [-0.15, -0.1) is 4.99 Å². The summed E-state index contributed by atoms with van der Waals surface area (Å²) in [5.41, 5.74) is 5.99. The molecule has 0 aliphatic rings. The fourth-order valence-corrected chi connectivity index (χ4v) is 2.67. The average Bonchev–Trinajstić information content (AvgIpc) is 2.98. The highest BCUT2D eigenvalue weighted by molar-refractivity contribution is 5.89. The van der Waals surface area contributed by atoms with Crippen molar-refractivity contribution in [1.82, 2.24) is 4.98 Å². The van der Waals surface area contributed by atoms with Crippen molar-refractivity contribution in [1.29, 1.82) is 0 Å². The van der Waals surface area contributed by atoms with Crippen LogP contribution in [0.5, 0.6) is 5.75 Å². The van der Waals surface area contributed by atoms with E-state index in [0.29, 0.717) is 17.9 Å². The molecule has 4 N–H and O–H groups in total. The molecule has 7 nitrogen and oxygen atoms in total. The maximum absolute atomic E-state index is 11.1. The summed E-state index contributed by atoms with van der Waals surface area (Å²) in [5, 5.41) is 18.5. The molecule has 0 spiro atoms. The van der Waals surface area contributed by atoms with E-state index in [-0.39, 0.29) is 5.56 Å². The second-order valence-electron chi connectivity index (χ2n) is 5.28. The van der Waals surface area contributed by atoms with E-state index in [1.165, 1.54) is 13.2 Å². The molecule has 7 heteroatoms. The number of hydrogen-bond donors (Lipinski definition) is 4. The fraction of sp³-hybridized carbons (Fsp3) is 0.118. The highest BCUT2D eigenvalue weighted by atomic mass is 17.2. The first-order valence-electron chi connectivity index (χ1n) is 7.19. The molecule has 1 aromatic heterocycles. The van der Waals surface area contributed by atoms with Crippen LogP contribution in [-0.4, -0.2) is 28.4 Å². The third-order valence-electron chi connectivity index (χ3n) is 3.85. The van der Waals surface area contributed by atoms with E-state index >= 15 is 0 Å². The molecule has 0 aliphatic carbocycles. The van der Waals surface area contributed by atoms with Gasteiger partial charge in [-0.05, 0) is 41.5 Å². The number of methoxy groups -OCH3 is 1. The van der Waals surface area contributed by atoms with Crippen molar-refractivity contribution in [2.24, 2.45) is 0 Å². The number of aromatic carboxylic acids is 1. The number of H-pyrrole nitrogens is 1. The summed E-state index contributed by atoms with van der Waals surface area (Å²) in [7, 11) is 1.51. The number of benzene rings is 2. The summed E-state index contributed by atoms with van der Waals surface area (Å²) in [6.45, 7) is 0. The van der Waals surface area contributed by atoms with Crippen LogP contribution in [0.1, 0.15) is 21.5 Å². The lowest BCUT2D eigenvalue weighted by Gasteiger charge is -2.09. The zero-order chi connectivity index (χ0) is 17.1. The second-order valence-corrected chi connectivity index (χ2v) is 5.28. The van der Waals surface area contributed by atoms with Gasteiger partial charge in [-0.25, -0.2) is 15.5 Å². The first kappa shape index (κ1) is 15.9. The average molecular weight is 328 g/mol. The molecule has 2 aromatic carbocycles. The largest absolute Gasteiger partial charge is 0.496 e. The number of aromatic amines is 1. The smallest absolute Gasteiger partial charge is 0.335 e. The van der Waals surface area contributed by atoms with Crippen LogP contribution in [0.3, 0.4) is 0 Å². The number of fused-ring (bicyclic) bond motifs is 1.